The Bertz CT molecular complexity index is 627. The van der Waals surface area contributed by atoms with E-state index in [4.69, 9.17) is 4.74 Å². The van der Waals surface area contributed by atoms with Crippen LogP contribution in [0, 0.1) is 10.1 Å². The quantitative estimate of drug-likeness (QED) is 0.484. The van der Waals surface area contributed by atoms with Crippen molar-refractivity contribution in [3.63, 3.8) is 0 Å². The lowest BCUT2D eigenvalue weighted by molar-refractivity contribution is -0.642. The van der Waals surface area contributed by atoms with Crippen LogP contribution in [0.4, 0.5) is 0 Å². The number of benzene rings is 1. The van der Waals surface area contributed by atoms with Crippen molar-refractivity contribution >= 4 is 11.8 Å². The number of carbonyl (C=O) groups excluding carboxylic acids is 1. The number of hydrazone groups is 1. The van der Waals surface area contributed by atoms with Crippen molar-refractivity contribution in [2.45, 2.75) is 31.8 Å². The fraction of sp³-hybridized carbons (Fsp3) is 0.385. The molecule has 1 aliphatic carbocycles. The van der Waals surface area contributed by atoms with Crippen LogP contribution in [0.2, 0.25) is 0 Å². The second-order valence-electron chi connectivity index (χ2n) is 5.07. The van der Waals surface area contributed by atoms with Gasteiger partial charge in [0.15, 0.2) is 5.03 Å². The maximum Gasteiger partial charge on any atom is 0.339 e. The number of nitrogens with zero attached hydrogens (tertiary/aromatic N) is 3. The molecule has 1 saturated carbocycles. The average molecular weight is 305 g/mol. The lowest BCUT2D eigenvalue weighted by Gasteiger charge is -2.14. The van der Waals surface area contributed by atoms with E-state index in [-0.39, 0.29) is 17.5 Å². The molecule has 22 heavy (non-hydrogen) atoms. The minimum absolute atomic E-state index is 0.00368. The molecule has 1 fully saturated rings. The highest BCUT2D eigenvalue weighted by atomic mass is 16.7. The Labute approximate surface area is 126 Å². The summed E-state index contributed by atoms with van der Waals surface area (Å²) in [6.07, 6.45) is 3.75. The number of ether oxygens (including phenoxy) is 1. The molecule has 9 heteroatoms. The molecule has 0 saturated heterocycles. The molecule has 0 radical (unpaired) electrons. The highest BCUT2D eigenvalue weighted by molar-refractivity contribution is 6.07. The molecule has 0 spiro atoms. The average Bonchev–Trinajstić information content (AvgIpc) is 3.18. The molecule has 1 aliphatic heterocycles. The summed E-state index contributed by atoms with van der Waals surface area (Å²) in [5.74, 6) is -0.482. The summed E-state index contributed by atoms with van der Waals surface area (Å²) in [6, 6.07) is 6.53. The van der Waals surface area contributed by atoms with Gasteiger partial charge in [-0.1, -0.05) is 23.7 Å². The molecular weight excluding hydrogens is 290 g/mol. The third-order valence-electron chi connectivity index (χ3n) is 3.65. The normalized spacial score (nSPS) is 18.0. The van der Waals surface area contributed by atoms with Gasteiger partial charge in [-0.25, -0.2) is 20.4 Å². The molecular formula is C13H15N5O4. The van der Waals surface area contributed by atoms with E-state index in [2.05, 4.69) is 16.2 Å². The molecule has 0 aromatic heterocycles. The summed E-state index contributed by atoms with van der Waals surface area (Å²) in [4.78, 5) is 23.3. The Hall–Kier alpha value is -2.68. The monoisotopic (exact) mass is 305 g/mol. The second-order valence-corrected chi connectivity index (χ2v) is 5.07. The predicted molar refractivity (Wildman–Crippen MR) is 75.8 cm³/mol. The Kier molecular flexibility index (Phi) is 3.88. The van der Waals surface area contributed by atoms with Crippen molar-refractivity contribution in [2.75, 3.05) is 0 Å². The zero-order valence-electron chi connectivity index (χ0n) is 11.7. The van der Waals surface area contributed by atoms with Gasteiger partial charge in [0.1, 0.15) is 6.10 Å². The van der Waals surface area contributed by atoms with Crippen molar-refractivity contribution in [2.24, 2.45) is 5.10 Å². The largest absolute Gasteiger partial charge is 0.459 e. The molecule has 0 amide bonds. The zero-order chi connectivity index (χ0) is 15.5. The second kappa shape index (κ2) is 5.98. The van der Waals surface area contributed by atoms with E-state index < -0.39 is 11.0 Å². The zero-order valence-corrected chi connectivity index (χ0v) is 11.7. The first-order valence-corrected chi connectivity index (χ1v) is 7.00. The smallest absolute Gasteiger partial charge is 0.339 e. The Morgan fingerprint density at radius 1 is 1.36 bits per heavy atom. The van der Waals surface area contributed by atoms with Gasteiger partial charge < -0.3 is 4.74 Å². The predicted octanol–water partition coefficient (Wildman–Crippen LogP) is 0.964. The van der Waals surface area contributed by atoms with Crippen LogP contribution in [0.25, 0.3) is 0 Å². The van der Waals surface area contributed by atoms with Crippen LogP contribution in [-0.2, 0) is 4.74 Å². The maximum atomic E-state index is 12.3. The number of hydrogen-bond donors (Lipinski definition) is 2. The van der Waals surface area contributed by atoms with E-state index >= 15 is 0 Å². The van der Waals surface area contributed by atoms with Crippen molar-refractivity contribution in [1.82, 2.24) is 16.2 Å². The molecule has 2 N–H and O–H groups in total. The van der Waals surface area contributed by atoms with E-state index in [0.717, 1.165) is 25.7 Å². The maximum absolute atomic E-state index is 12.3. The van der Waals surface area contributed by atoms with Gasteiger partial charge >= 0.3 is 5.97 Å². The number of nitro groups is 1. The van der Waals surface area contributed by atoms with Gasteiger partial charge in [-0.15, -0.1) is 5.10 Å². The van der Waals surface area contributed by atoms with Crippen LogP contribution < -0.4 is 11.1 Å². The third kappa shape index (κ3) is 2.70. The summed E-state index contributed by atoms with van der Waals surface area (Å²) < 4.78 is 5.47. The SMILES string of the molecule is O=C(OC1CCCC1)c1ccccc1C1=NNNN1[N+](=O)[O-]. The summed E-state index contributed by atoms with van der Waals surface area (Å²) in [6.45, 7) is 0. The first-order chi connectivity index (χ1) is 10.7. The molecule has 0 unspecified atom stereocenters. The van der Waals surface area contributed by atoms with Crippen molar-refractivity contribution in [1.29, 1.82) is 0 Å². The number of nitrogens with one attached hydrogen (secondary N) is 2. The van der Waals surface area contributed by atoms with Crippen molar-refractivity contribution in [3.05, 3.63) is 45.5 Å². The van der Waals surface area contributed by atoms with E-state index in [0.29, 0.717) is 10.7 Å². The minimum Gasteiger partial charge on any atom is -0.459 e. The van der Waals surface area contributed by atoms with Gasteiger partial charge in [0.05, 0.1) is 5.56 Å². The van der Waals surface area contributed by atoms with Gasteiger partial charge in [-0.3, -0.25) is 0 Å². The topological polar surface area (TPSA) is 109 Å². The molecule has 1 aromatic rings. The third-order valence-corrected chi connectivity index (χ3v) is 3.65. The van der Waals surface area contributed by atoms with Crippen LogP contribution in [0.5, 0.6) is 0 Å². The Balaban J connectivity index is 1.86. The van der Waals surface area contributed by atoms with Crippen LogP contribution in [-0.4, -0.2) is 28.1 Å². The van der Waals surface area contributed by atoms with Crippen LogP contribution >= 0.6 is 0 Å². The van der Waals surface area contributed by atoms with Crippen molar-refractivity contribution < 1.29 is 14.6 Å². The van der Waals surface area contributed by atoms with Crippen molar-refractivity contribution in [3.8, 4) is 0 Å². The summed E-state index contributed by atoms with van der Waals surface area (Å²) in [5.41, 5.74) is 5.17. The fourth-order valence-corrected chi connectivity index (χ4v) is 2.60. The summed E-state index contributed by atoms with van der Waals surface area (Å²) in [7, 11) is 0. The molecule has 1 aromatic carbocycles. The van der Waals surface area contributed by atoms with Gasteiger partial charge in [0.25, 0.3) is 0 Å². The van der Waals surface area contributed by atoms with Crippen LogP contribution in [0.3, 0.4) is 0 Å². The van der Waals surface area contributed by atoms with E-state index in [9.17, 15) is 14.9 Å². The number of hydrazine groups is 3. The summed E-state index contributed by atoms with van der Waals surface area (Å²) >= 11 is 0. The molecule has 9 nitrogen and oxygen atoms in total. The first kappa shape index (κ1) is 14.3. The van der Waals surface area contributed by atoms with Crippen LogP contribution in [0.1, 0.15) is 41.6 Å². The molecule has 0 bridgehead atoms. The Morgan fingerprint density at radius 3 is 2.82 bits per heavy atom. The van der Waals surface area contributed by atoms with E-state index in [1.807, 2.05) is 0 Å². The van der Waals surface area contributed by atoms with Crippen LogP contribution in [0.15, 0.2) is 29.4 Å². The lowest BCUT2D eigenvalue weighted by atomic mass is 10.1. The molecule has 116 valence electrons. The lowest BCUT2D eigenvalue weighted by Crippen LogP contribution is -2.45. The first-order valence-electron chi connectivity index (χ1n) is 7.00. The standard InChI is InChI=1S/C13H15N5O4/c19-13(22-9-5-1-2-6-9)11-8-4-3-7-10(11)12-14-15-16-17(12)18(20)21/h3-4,7-9,15-16H,1-2,5-6H2. The number of esters is 1. The summed E-state index contributed by atoms with van der Waals surface area (Å²) in [5, 5.41) is 14.7. The van der Waals surface area contributed by atoms with Gasteiger partial charge in [0, 0.05) is 10.7 Å². The number of carbonyl (C=O) groups is 1. The molecule has 0 atom stereocenters. The van der Waals surface area contributed by atoms with Gasteiger partial charge in [-0.2, -0.15) is 0 Å². The van der Waals surface area contributed by atoms with E-state index in [1.54, 1.807) is 24.3 Å². The van der Waals surface area contributed by atoms with Gasteiger partial charge in [-0.05, 0) is 31.7 Å². The highest BCUT2D eigenvalue weighted by Gasteiger charge is 2.32. The van der Waals surface area contributed by atoms with Gasteiger partial charge in [0.2, 0.25) is 5.84 Å². The molecule has 3 rings (SSSR count). The fourth-order valence-electron chi connectivity index (χ4n) is 2.60. The number of rotatable bonds is 4. The minimum atomic E-state index is -0.669. The van der Waals surface area contributed by atoms with E-state index in [1.165, 1.54) is 0 Å². The highest BCUT2D eigenvalue weighted by Crippen LogP contribution is 2.23. The molecule has 2 aliphatic rings. The number of amidine groups is 1. The number of hydrogen-bond acceptors (Lipinski definition) is 7. The Morgan fingerprint density at radius 2 is 2.09 bits per heavy atom. The molecule has 1 heterocycles.